The van der Waals surface area contributed by atoms with Crippen LogP contribution in [0.5, 0.6) is 11.6 Å². The van der Waals surface area contributed by atoms with E-state index in [1.54, 1.807) is 19.2 Å². The van der Waals surface area contributed by atoms with Crippen LogP contribution in [-0.2, 0) is 12.8 Å². The van der Waals surface area contributed by atoms with Gasteiger partial charge in [-0.15, -0.1) is 0 Å². The summed E-state index contributed by atoms with van der Waals surface area (Å²) in [5.41, 5.74) is 6.85. The summed E-state index contributed by atoms with van der Waals surface area (Å²) in [7, 11) is 1.61. The molecule has 0 unspecified atom stereocenters. The maximum absolute atomic E-state index is 13.1. The van der Waals surface area contributed by atoms with E-state index in [1.807, 2.05) is 18.3 Å². The number of halogens is 1. The average Bonchev–Trinajstić information content (AvgIpc) is 2.85. The molecule has 186 valence electrons. The third kappa shape index (κ3) is 5.75. The van der Waals surface area contributed by atoms with Crippen molar-refractivity contribution in [1.82, 2.24) is 9.97 Å². The molecular formula is C29H36FN3O2. The average molecular weight is 478 g/mol. The van der Waals surface area contributed by atoms with Crippen LogP contribution in [0.3, 0.4) is 0 Å². The van der Waals surface area contributed by atoms with Crippen LogP contribution >= 0.6 is 0 Å². The molecule has 0 N–H and O–H groups in total. The summed E-state index contributed by atoms with van der Waals surface area (Å²) < 4.78 is 24.7. The lowest BCUT2D eigenvalue weighted by Crippen LogP contribution is -2.38. The lowest BCUT2D eigenvalue weighted by Gasteiger charge is -2.40. The van der Waals surface area contributed by atoms with Crippen molar-refractivity contribution in [3.05, 3.63) is 65.2 Å². The Kier molecular flexibility index (Phi) is 7.58. The second-order valence-electron chi connectivity index (χ2n) is 10.0. The smallest absolute Gasteiger partial charge is 0.257 e. The molecule has 1 aliphatic heterocycles. The highest BCUT2D eigenvalue weighted by atomic mass is 19.1. The normalized spacial score (nSPS) is 15.2. The third-order valence-corrected chi connectivity index (χ3v) is 7.01. The molecule has 1 aromatic carbocycles. The molecule has 0 radical (unpaired) electrons. The van der Waals surface area contributed by atoms with E-state index in [0.717, 1.165) is 54.9 Å². The number of aryl methyl sites for hydroxylation is 1. The van der Waals surface area contributed by atoms with Gasteiger partial charge in [0.25, 0.3) is 5.88 Å². The van der Waals surface area contributed by atoms with Gasteiger partial charge in [-0.3, -0.25) is 4.98 Å². The number of piperidine rings is 1. The zero-order valence-corrected chi connectivity index (χ0v) is 21.5. The monoisotopic (exact) mass is 477 g/mol. The van der Waals surface area contributed by atoms with Crippen molar-refractivity contribution >= 4 is 5.69 Å². The van der Waals surface area contributed by atoms with Gasteiger partial charge in [0.15, 0.2) is 5.75 Å². The Morgan fingerprint density at radius 1 is 1.06 bits per heavy atom. The summed E-state index contributed by atoms with van der Waals surface area (Å²) in [4.78, 5) is 12.0. The van der Waals surface area contributed by atoms with Gasteiger partial charge in [0.2, 0.25) is 0 Å². The zero-order valence-electron chi connectivity index (χ0n) is 21.5. The molecule has 0 bridgehead atoms. The maximum Gasteiger partial charge on any atom is 0.257 e. The molecule has 1 saturated heterocycles. The second-order valence-corrected chi connectivity index (χ2v) is 10.0. The Balaban J connectivity index is 1.60. The Hall–Kier alpha value is -3.15. The minimum absolute atomic E-state index is 0.236. The molecule has 3 heterocycles. The molecule has 5 nitrogen and oxygen atoms in total. The van der Waals surface area contributed by atoms with Crippen molar-refractivity contribution in [1.29, 1.82) is 0 Å². The first-order valence-electron chi connectivity index (χ1n) is 12.5. The summed E-state index contributed by atoms with van der Waals surface area (Å²) in [6, 6.07) is 10.4. The first kappa shape index (κ1) is 25.0. The summed E-state index contributed by atoms with van der Waals surface area (Å²) in [5.74, 6) is 0.807. The van der Waals surface area contributed by atoms with E-state index in [1.165, 1.54) is 23.4 Å². The molecule has 4 rings (SSSR count). The van der Waals surface area contributed by atoms with Crippen LogP contribution < -0.4 is 14.4 Å². The van der Waals surface area contributed by atoms with Gasteiger partial charge in [-0.25, -0.2) is 9.37 Å². The van der Waals surface area contributed by atoms with E-state index in [4.69, 9.17) is 19.4 Å². The molecule has 2 aromatic heterocycles. The molecule has 35 heavy (non-hydrogen) atoms. The van der Waals surface area contributed by atoms with Crippen molar-refractivity contribution in [3.63, 3.8) is 0 Å². The number of ether oxygens (including phenoxy) is 2. The van der Waals surface area contributed by atoms with E-state index >= 15 is 0 Å². The molecule has 6 heteroatoms. The molecule has 0 spiro atoms. The van der Waals surface area contributed by atoms with Crippen molar-refractivity contribution in [3.8, 4) is 22.9 Å². The van der Waals surface area contributed by atoms with Gasteiger partial charge in [0.1, 0.15) is 5.82 Å². The number of pyridine rings is 2. The van der Waals surface area contributed by atoms with Gasteiger partial charge >= 0.3 is 0 Å². The maximum atomic E-state index is 13.1. The van der Waals surface area contributed by atoms with Crippen LogP contribution in [0.4, 0.5) is 10.1 Å². The minimum Gasteiger partial charge on any atom is -0.488 e. The van der Waals surface area contributed by atoms with Crippen LogP contribution in [0.2, 0.25) is 0 Å². The molecule has 1 aliphatic rings. The molecule has 1 fully saturated rings. The van der Waals surface area contributed by atoms with Gasteiger partial charge < -0.3 is 14.4 Å². The third-order valence-electron chi connectivity index (χ3n) is 7.01. The number of methoxy groups -OCH3 is 1. The SMILES string of the molecule is CCc1c(C)ncc(-c2ccc(OCCc3ccc(F)cc3)c(OC)n2)c1N1CCC(C)(C)CC1. The molecule has 0 atom stereocenters. The van der Waals surface area contributed by atoms with Crippen molar-refractivity contribution in [2.75, 3.05) is 31.7 Å². The molecule has 0 aliphatic carbocycles. The van der Waals surface area contributed by atoms with Crippen LogP contribution in [0, 0.1) is 18.2 Å². The zero-order chi connectivity index (χ0) is 25.0. The predicted molar refractivity (Wildman–Crippen MR) is 139 cm³/mol. The summed E-state index contributed by atoms with van der Waals surface area (Å²) in [5, 5.41) is 0. The highest BCUT2D eigenvalue weighted by Gasteiger charge is 2.29. The van der Waals surface area contributed by atoms with Crippen LogP contribution in [0.1, 0.15) is 50.4 Å². The van der Waals surface area contributed by atoms with E-state index in [-0.39, 0.29) is 5.82 Å². The van der Waals surface area contributed by atoms with Crippen LogP contribution in [-0.4, -0.2) is 36.8 Å². The lowest BCUT2D eigenvalue weighted by molar-refractivity contribution is 0.279. The summed E-state index contributed by atoms with van der Waals surface area (Å²) >= 11 is 0. The molecule has 0 amide bonds. The molecular weight excluding hydrogens is 441 g/mol. The predicted octanol–water partition coefficient (Wildman–Crippen LogP) is 6.41. The second kappa shape index (κ2) is 10.6. The van der Waals surface area contributed by atoms with Crippen molar-refractivity contribution in [2.45, 2.75) is 53.4 Å². The number of nitrogens with zero attached hydrogens (tertiary/aromatic N) is 3. The Morgan fingerprint density at radius 2 is 1.77 bits per heavy atom. The van der Waals surface area contributed by atoms with Crippen LogP contribution in [0.15, 0.2) is 42.6 Å². The van der Waals surface area contributed by atoms with Gasteiger partial charge in [0.05, 0.1) is 25.1 Å². The number of benzene rings is 1. The molecule has 3 aromatic rings. The van der Waals surface area contributed by atoms with Gasteiger partial charge in [-0.2, -0.15) is 0 Å². The van der Waals surface area contributed by atoms with Crippen molar-refractivity contribution in [2.24, 2.45) is 5.41 Å². The minimum atomic E-state index is -0.236. The van der Waals surface area contributed by atoms with Crippen LogP contribution in [0.25, 0.3) is 11.3 Å². The quantitative estimate of drug-likeness (QED) is 0.375. The summed E-state index contributed by atoms with van der Waals surface area (Å²) in [6.07, 6.45) is 5.86. The van der Waals surface area contributed by atoms with Gasteiger partial charge in [-0.05, 0) is 67.0 Å². The largest absolute Gasteiger partial charge is 0.488 e. The number of hydrogen-bond acceptors (Lipinski definition) is 5. The number of anilines is 1. The highest BCUT2D eigenvalue weighted by molar-refractivity contribution is 5.79. The van der Waals surface area contributed by atoms with E-state index in [2.05, 4.69) is 32.6 Å². The lowest BCUT2D eigenvalue weighted by atomic mass is 9.82. The Labute approximate surface area is 208 Å². The van der Waals surface area contributed by atoms with E-state index in [9.17, 15) is 4.39 Å². The van der Waals surface area contributed by atoms with E-state index in [0.29, 0.717) is 30.1 Å². The highest BCUT2D eigenvalue weighted by Crippen LogP contribution is 2.40. The Morgan fingerprint density at radius 3 is 2.43 bits per heavy atom. The fourth-order valence-electron chi connectivity index (χ4n) is 4.71. The molecule has 0 saturated carbocycles. The first-order chi connectivity index (χ1) is 16.8. The number of rotatable bonds is 8. The van der Waals surface area contributed by atoms with Gasteiger partial charge in [-0.1, -0.05) is 32.9 Å². The first-order valence-corrected chi connectivity index (χ1v) is 12.5. The standard InChI is InChI=1S/C29H36FN3O2/c1-6-23-20(2)31-19-24(27(23)33-16-14-29(3,4)15-17-33)25-11-12-26(28(32-25)34-5)35-18-13-21-7-9-22(30)10-8-21/h7-12,19H,6,13-18H2,1-5H3. The fourth-order valence-corrected chi connectivity index (χ4v) is 4.71. The Bertz CT molecular complexity index is 1150. The van der Waals surface area contributed by atoms with Crippen molar-refractivity contribution < 1.29 is 13.9 Å². The summed E-state index contributed by atoms with van der Waals surface area (Å²) in [6.45, 7) is 11.5. The van der Waals surface area contributed by atoms with Gasteiger partial charge in [0, 0.05) is 37.0 Å². The number of aromatic nitrogens is 2. The van der Waals surface area contributed by atoms with E-state index < -0.39 is 0 Å². The fraction of sp³-hybridized carbons (Fsp3) is 0.448. The topological polar surface area (TPSA) is 47.5 Å². The number of hydrogen-bond donors (Lipinski definition) is 0.